The van der Waals surface area contributed by atoms with E-state index in [1.165, 1.54) is 5.01 Å². The lowest BCUT2D eigenvalue weighted by Gasteiger charge is -2.28. The molecule has 2 N–H and O–H groups in total. The maximum absolute atomic E-state index is 13.3. The maximum Gasteiger partial charge on any atom is 0.306 e. The number of hydrogen-bond donors (Lipinski definition) is 2. The lowest BCUT2D eigenvalue weighted by atomic mass is 9.81. The summed E-state index contributed by atoms with van der Waals surface area (Å²) in [5.41, 5.74) is 2.67. The molecule has 8 heteroatoms. The van der Waals surface area contributed by atoms with Gasteiger partial charge >= 0.3 is 5.97 Å². The van der Waals surface area contributed by atoms with Gasteiger partial charge in [0.1, 0.15) is 0 Å². The van der Waals surface area contributed by atoms with E-state index in [1.807, 2.05) is 54.6 Å². The number of ether oxygens (including phenoxy) is 1. The molecule has 0 aromatic heterocycles. The highest BCUT2D eigenvalue weighted by Gasteiger charge is 2.29. The third kappa shape index (κ3) is 6.79. The topological polar surface area (TPSA) is 108 Å². The van der Waals surface area contributed by atoms with Crippen molar-refractivity contribution in [2.24, 2.45) is 22.9 Å². The first-order chi connectivity index (χ1) is 18.4. The summed E-state index contributed by atoms with van der Waals surface area (Å²) in [6, 6.07) is 17.3. The Kier molecular flexibility index (Phi) is 9.15. The van der Waals surface area contributed by atoms with Crippen molar-refractivity contribution < 1.29 is 24.2 Å². The summed E-state index contributed by atoms with van der Waals surface area (Å²) >= 11 is 0. The van der Waals surface area contributed by atoms with Crippen molar-refractivity contribution in [2.75, 3.05) is 13.2 Å². The lowest BCUT2D eigenvalue weighted by Crippen LogP contribution is -2.37. The zero-order chi connectivity index (χ0) is 27.1. The van der Waals surface area contributed by atoms with Crippen LogP contribution in [0.15, 0.2) is 59.7 Å². The highest BCUT2D eigenvalue weighted by atomic mass is 16.5. The number of carbonyl (C=O) groups is 3. The number of rotatable bonds is 10. The molecule has 38 heavy (non-hydrogen) atoms. The Morgan fingerprint density at radius 2 is 1.76 bits per heavy atom. The van der Waals surface area contributed by atoms with E-state index in [1.54, 1.807) is 0 Å². The molecule has 0 spiro atoms. The number of nitrogens with zero attached hydrogens (tertiary/aromatic N) is 2. The van der Waals surface area contributed by atoms with Gasteiger partial charge in [-0.15, -0.1) is 5.10 Å². The summed E-state index contributed by atoms with van der Waals surface area (Å²) in [6.45, 7) is 5.01. The number of amides is 2. The molecule has 1 saturated carbocycles. The third-order valence-electron chi connectivity index (χ3n) is 7.78. The van der Waals surface area contributed by atoms with Crippen molar-refractivity contribution >= 4 is 23.7 Å². The predicted octanol–water partition coefficient (Wildman–Crippen LogP) is 4.54. The van der Waals surface area contributed by atoms with Crippen LogP contribution in [0.25, 0.3) is 0 Å². The first kappa shape index (κ1) is 27.4. The van der Waals surface area contributed by atoms with Gasteiger partial charge in [-0.05, 0) is 60.8 Å². The second-order valence-electron chi connectivity index (χ2n) is 10.4. The van der Waals surface area contributed by atoms with Crippen molar-refractivity contribution in [3.8, 4) is 0 Å². The fourth-order valence-corrected chi connectivity index (χ4v) is 5.19. The molecule has 1 heterocycles. The molecule has 2 aromatic carbocycles. The van der Waals surface area contributed by atoms with E-state index in [0.717, 1.165) is 36.0 Å². The van der Waals surface area contributed by atoms with Gasteiger partial charge in [0.05, 0.1) is 18.4 Å². The van der Waals surface area contributed by atoms with Crippen LogP contribution in [0.1, 0.15) is 68.6 Å². The molecule has 0 bridgehead atoms. The van der Waals surface area contributed by atoms with Crippen molar-refractivity contribution in [3.63, 3.8) is 0 Å². The van der Waals surface area contributed by atoms with Crippen LogP contribution in [-0.2, 0) is 25.7 Å². The molecule has 2 atom stereocenters. The largest absolute Gasteiger partial charge is 0.481 e. The molecule has 2 aromatic rings. The molecule has 1 aliphatic carbocycles. The van der Waals surface area contributed by atoms with Gasteiger partial charge in [-0.2, -0.15) is 0 Å². The van der Waals surface area contributed by atoms with E-state index in [2.05, 4.69) is 24.3 Å². The minimum atomic E-state index is -0.714. The number of hydrogen-bond acceptors (Lipinski definition) is 5. The van der Waals surface area contributed by atoms with Crippen LogP contribution < -0.4 is 5.32 Å². The number of nitrogens with one attached hydrogen (secondary N) is 1. The lowest BCUT2D eigenvalue weighted by molar-refractivity contribution is -0.143. The maximum atomic E-state index is 13.3. The Bertz CT molecular complexity index is 1140. The van der Waals surface area contributed by atoms with Gasteiger partial charge in [0, 0.05) is 12.1 Å². The number of hydrazone groups is 1. The van der Waals surface area contributed by atoms with Crippen LogP contribution in [0.5, 0.6) is 0 Å². The summed E-state index contributed by atoms with van der Waals surface area (Å²) in [5, 5.41) is 18.2. The van der Waals surface area contributed by atoms with Gasteiger partial charge in [-0.25, -0.2) is 5.01 Å². The predicted molar refractivity (Wildman–Crippen MR) is 144 cm³/mol. The number of aliphatic carboxylic acids is 1. The second kappa shape index (κ2) is 12.7. The van der Waals surface area contributed by atoms with E-state index < -0.39 is 5.97 Å². The van der Waals surface area contributed by atoms with Crippen molar-refractivity contribution in [1.29, 1.82) is 0 Å². The average molecular weight is 520 g/mol. The zero-order valence-corrected chi connectivity index (χ0v) is 22.1. The van der Waals surface area contributed by atoms with Crippen molar-refractivity contribution in [2.45, 2.75) is 58.4 Å². The molecule has 202 valence electrons. The SMILES string of the molecule is CCC(C)C(C(=O)NCC1CCC(C(=O)O)CC1)c1ccc(CN2N=C(c3ccccc3)OCC2=O)cc1. The Labute approximate surface area is 224 Å². The summed E-state index contributed by atoms with van der Waals surface area (Å²) in [5.74, 6) is -0.546. The van der Waals surface area contributed by atoms with Crippen molar-refractivity contribution in [1.82, 2.24) is 10.3 Å². The van der Waals surface area contributed by atoms with Crippen LogP contribution in [-0.4, -0.2) is 46.9 Å². The van der Waals surface area contributed by atoms with Gasteiger partial charge in [-0.1, -0.05) is 62.7 Å². The molecular weight excluding hydrogens is 482 g/mol. The fourth-order valence-electron chi connectivity index (χ4n) is 5.19. The number of carboxylic acids is 1. The van der Waals surface area contributed by atoms with Gasteiger partial charge in [0.15, 0.2) is 6.61 Å². The van der Waals surface area contributed by atoms with E-state index >= 15 is 0 Å². The van der Waals surface area contributed by atoms with Crippen LogP contribution in [0, 0.1) is 17.8 Å². The monoisotopic (exact) mass is 519 g/mol. The molecule has 1 fully saturated rings. The molecule has 2 unspecified atom stereocenters. The fraction of sp³-hybridized carbons (Fsp3) is 0.467. The van der Waals surface area contributed by atoms with Crippen LogP contribution >= 0.6 is 0 Å². The molecule has 2 aliphatic rings. The molecule has 0 radical (unpaired) electrons. The number of carbonyl (C=O) groups excluding carboxylic acids is 2. The van der Waals surface area contributed by atoms with Crippen LogP contribution in [0.3, 0.4) is 0 Å². The molecule has 4 rings (SSSR count). The third-order valence-corrected chi connectivity index (χ3v) is 7.78. The van der Waals surface area contributed by atoms with Crippen molar-refractivity contribution in [3.05, 3.63) is 71.3 Å². The average Bonchev–Trinajstić information content (AvgIpc) is 2.94. The smallest absolute Gasteiger partial charge is 0.306 e. The van der Waals surface area contributed by atoms with E-state index in [9.17, 15) is 19.5 Å². The van der Waals surface area contributed by atoms with Gasteiger partial charge in [-0.3, -0.25) is 14.4 Å². The Morgan fingerprint density at radius 1 is 1.08 bits per heavy atom. The normalized spacial score (nSPS) is 21.2. The molecule has 8 nitrogen and oxygen atoms in total. The first-order valence-corrected chi connectivity index (χ1v) is 13.5. The van der Waals surface area contributed by atoms with E-state index in [0.29, 0.717) is 37.7 Å². The van der Waals surface area contributed by atoms with E-state index in [4.69, 9.17) is 4.74 Å². The molecule has 0 saturated heterocycles. The second-order valence-corrected chi connectivity index (χ2v) is 10.4. The summed E-state index contributed by atoms with van der Waals surface area (Å²) in [7, 11) is 0. The molecule has 2 amide bonds. The standard InChI is InChI=1S/C30H37N3O5/c1-3-20(2)27(28(35)31-17-21-9-15-25(16-10-21)30(36)37)23-13-11-22(12-14-23)18-33-26(34)19-38-29(32-33)24-7-5-4-6-8-24/h4-8,11-14,20-21,25,27H,3,9-10,15-19H2,1-2H3,(H,31,35)(H,36,37). The quantitative estimate of drug-likeness (QED) is 0.479. The minimum Gasteiger partial charge on any atom is -0.481 e. The molecular formula is C30H37N3O5. The highest BCUT2D eigenvalue weighted by molar-refractivity contribution is 5.97. The molecule has 1 aliphatic heterocycles. The number of carboxylic acid groups (broad SMARTS) is 1. The summed E-state index contributed by atoms with van der Waals surface area (Å²) in [6.07, 6.45) is 3.87. The van der Waals surface area contributed by atoms with Gasteiger partial charge in [0.2, 0.25) is 11.8 Å². The first-order valence-electron chi connectivity index (χ1n) is 13.5. The Balaban J connectivity index is 1.39. The van der Waals surface area contributed by atoms with Crippen LogP contribution in [0.4, 0.5) is 0 Å². The Hall–Kier alpha value is -3.68. The van der Waals surface area contributed by atoms with Gasteiger partial charge < -0.3 is 15.2 Å². The summed E-state index contributed by atoms with van der Waals surface area (Å²) < 4.78 is 5.53. The van der Waals surface area contributed by atoms with Crippen LogP contribution in [0.2, 0.25) is 0 Å². The number of benzene rings is 2. The van der Waals surface area contributed by atoms with E-state index in [-0.39, 0.29) is 36.2 Å². The minimum absolute atomic E-state index is 0.00733. The Morgan fingerprint density at radius 3 is 2.39 bits per heavy atom. The summed E-state index contributed by atoms with van der Waals surface area (Å²) in [4.78, 5) is 36.9. The highest BCUT2D eigenvalue weighted by Crippen LogP contribution is 2.30. The zero-order valence-electron chi connectivity index (χ0n) is 22.1. The van der Waals surface area contributed by atoms with Gasteiger partial charge in [0.25, 0.3) is 5.91 Å².